The second-order valence-corrected chi connectivity index (χ2v) is 6.92. The van der Waals surface area contributed by atoms with Crippen LogP contribution < -0.4 is 5.32 Å². The Morgan fingerprint density at radius 1 is 1.24 bits per heavy atom. The zero-order chi connectivity index (χ0) is 14.7. The summed E-state index contributed by atoms with van der Waals surface area (Å²) in [7, 11) is 0. The minimum Gasteiger partial charge on any atom is -0.313 e. The fourth-order valence-corrected chi connectivity index (χ4v) is 3.01. The Morgan fingerprint density at radius 2 is 2.00 bits per heavy atom. The molecule has 1 heterocycles. The van der Waals surface area contributed by atoms with Gasteiger partial charge in [0.15, 0.2) is 0 Å². The van der Waals surface area contributed by atoms with E-state index in [4.69, 9.17) is 0 Å². The number of aryl methyl sites for hydroxylation is 1. The molecule has 1 aliphatic carbocycles. The molecular formula is C18H21BrN2. The van der Waals surface area contributed by atoms with Gasteiger partial charge in [-0.25, -0.2) is 0 Å². The highest BCUT2D eigenvalue weighted by atomic mass is 79.9. The SMILES string of the molecule is Cc1ccc(C(CNC2CC2)Cc2cncc(Br)c2)cc1. The molecule has 21 heavy (non-hydrogen) atoms. The molecule has 3 heteroatoms. The Labute approximate surface area is 135 Å². The van der Waals surface area contributed by atoms with Gasteiger partial charge in [0.25, 0.3) is 0 Å². The second kappa shape index (κ2) is 6.71. The van der Waals surface area contributed by atoms with Crippen molar-refractivity contribution >= 4 is 15.9 Å². The van der Waals surface area contributed by atoms with Crippen LogP contribution in [0.4, 0.5) is 0 Å². The lowest BCUT2D eigenvalue weighted by Gasteiger charge is -2.18. The molecule has 0 spiro atoms. The van der Waals surface area contributed by atoms with Gasteiger partial charge >= 0.3 is 0 Å². The van der Waals surface area contributed by atoms with Gasteiger partial charge in [-0.15, -0.1) is 0 Å². The summed E-state index contributed by atoms with van der Waals surface area (Å²) < 4.78 is 1.05. The average Bonchev–Trinajstić information content (AvgIpc) is 3.29. The van der Waals surface area contributed by atoms with Crippen LogP contribution in [0.15, 0.2) is 47.2 Å². The molecular weight excluding hydrogens is 324 g/mol. The third-order valence-electron chi connectivity index (χ3n) is 4.02. The van der Waals surface area contributed by atoms with E-state index >= 15 is 0 Å². The van der Waals surface area contributed by atoms with Crippen LogP contribution in [0.5, 0.6) is 0 Å². The molecule has 1 aromatic carbocycles. The number of benzene rings is 1. The van der Waals surface area contributed by atoms with Crippen LogP contribution in [0.3, 0.4) is 0 Å². The summed E-state index contributed by atoms with van der Waals surface area (Å²) in [4.78, 5) is 4.29. The van der Waals surface area contributed by atoms with Gasteiger partial charge in [0.05, 0.1) is 0 Å². The zero-order valence-electron chi connectivity index (χ0n) is 12.3. The zero-order valence-corrected chi connectivity index (χ0v) is 13.9. The van der Waals surface area contributed by atoms with Gasteiger partial charge in [0, 0.05) is 35.4 Å². The van der Waals surface area contributed by atoms with E-state index in [1.807, 2.05) is 12.4 Å². The molecule has 0 aliphatic heterocycles. The standard InChI is InChI=1S/C18H21BrN2/c1-13-2-4-15(5-3-13)16(11-21-18-6-7-18)8-14-9-17(19)12-20-10-14/h2-5,9-10,12,16,18,21H,6-8,11H2,1H3. The monoisotopic (exact) mass is 344 g/mol. The molecule has 3 rings (SSSR count). The van der Waals surface area contributed by atoms with Crippen molar-refractivity contribution in [1.29, 1.82) is 0 Å². The Kier molecular flexibility index (Phi) is 4.71. The fraction of sp³-hybridized carbons (Fsp3) is 0.389. The van der Waals surface area contributed by atoms with E-state index in [1.165, 1.54) is 29.5 Å². The summed E-state index contributed by atoms with van der Waals surface area (Å²) in [5.41, 5.74) is 4.01. The summed E-state index contributed by atoms with van der Waals surface area (Å²) in [6.45, 7) is 3.18. The lowest BCUT2D eigenvalue weighted by molar-refractivity contribution is 0.576. The lowest BCUT2D eigenvalue weighted by atomic mass is 9.92. The van der Waals surface area contributed by atoms with E-state index in [2.05, 4.69) is 63.5 Å². The van der Waals surface area contributed by atoms with Gasteiger partial charge in [-0.2, -0.15) is 0 Å². The molecule has 0 saturated heterocycles. The molecule has 2 aromatic rings. The van der Waals surface area contributed by atoms with E-state index in [1.54, 1.807) is 0 Å². The molecule has 1 aliphatic rings. The first kappa shape index (κ1) is 14.7. The number of aromatic nitrogens is 1. The molecule has 0 bridgehead atoms. The Hall–Kier alpha value is -1.19. The average molecular weight is 345 g/mol. The highest BCUT2D eigenvalue weighted by molar-refractivity contribution is 9.10. The Balaban J connectivity index is 1.75. The van der Waals surface area contributed by atoms with Gasteiger partial charge in [-0.3, -0.25) is 4.98 Å². The predicted octanol–water partition coefficient (Wildman–Crippen LogP) is 4.23. The van der Waals surface area contributed by atoms with Crippen molar-refractivity contribution in [3.05, 3.63) is 63.9 Å². The minimum atomic E-state index is 0.502. The Bertz CT molecular complexity index is 590. The van der Waals surface area contributed by atoms with Crippen LogP contribution >= 0.6 is 15.9 Å². The maximum atomic E-state index is 4.29. The maximum Gasteiger partial charge on any atom is 0.0410 e. The van der Waals surface area contributed by atoms with Crippen molar-refractivity contribution in [3.8, 4) is 0 Å². The summed E-state index contributed by atoms with van der Waals surface area (Å²) in [5, 5.41) is 3.67. The lowest BCUT2D eigenvalue weighted by Crippen LogP contribution is -2.24. The molecule has 0 radical (unpaired) electrons. The molecule has 110 valence electrons. The van der Waals surface area contributed by atoms with Crippen LogP contribution in [0.1, 0.15) is 35.4 Å². The summed E-state index contributed by atoms with van der Waals surface area (Å²) in [5.74, 6) is 0.502. The van der Waals surface area contributed by atoms with E-state index in [-0.39, 0.29) is 0 Å². The molecule has 2 nitrogen and oxygen atoms in total. The van der Waals surface area contributed by atoms with Gasteiger partial charge in [-0.05, 0) is 59.3 Å². The van der Waals surface area contributed by atoms with Crippen LogP contribution in [0.2, 0.25) is 0 Å². The van der Waals surface area contributed by atoms with Gasteiger partial charge in [0.2, 0.25) is 0 Å². The van der Waals surface area contributed by atoms with Crippen molar-refractivity contribution < 1.29 is 0 Å². The smallest absolute Gasteiger partial charge is 0.0410 e. The first-order chi connectivity index (χ1) is 10.2. The number of hydrogen-bond donors (Lipinski definition) is 1. The fourth-order valence-electron chi connectivity index (χ4n) is 2.59. The number of nitrogens with zero attached hydrogens (tertiary/aromatic N) is 1. The first-order valence-corrected chi connectivity index (χ1v) is 8.39. The summed E-state index contributed by atoms with van der Waals surface area (Å²) in [6, 6.07) is 11.9. The highest BCUT2D eigenvalue weighted by Gasteiger charge is 2.22. The minimum absolute atomic E-state index is 0.502. The highest BCUT2D eigenvalue weighted by Crippen LogP contribution is 2.25. The topological polar surface area (TPSA) is 24.9 Å². The van der Waals surface area contributed by atoms with Crippen LogP contribution in [0.25, 0.3) is 0 Å². The molecule has 0 amide bonds. The molecule has 1 N–H and O–H groups in total. The molecule has 1 fully saturated rings. The third-order valence-corrected chi connectivity index (χ3v) is 4.46. The van der Waals surface area contributed by atoms with Crippen molar-refractivity contribution in [1.82, 2.24) is 10.3 Å². The van der Waals surface area contributed by atoms with Gasteiger partial charge in [-0.1, -0.05) is 29.8 Å². The van der Waals surface area contributed by atoms with Crippen LogP contribution in [-0.2, 0) is 6.42 Å². The van der Waals surface area contributed by atoms with Crippen molar-refractivity contribution in [2.24, 2.45) is 0 Å². The van der Waals surface area contributed by atoms with E-state index in [9.17, 15) is 0 Å². The quantitative estimate of drug-likeness (QED) is 0.847. The number of pyridine rings is 1. The third kappa shape index (κ3) is 4.39. The summed E-state index contributed by atoms with van der Waals surface area (Å²) >= 11 is 3.51. The van der Waals surface area contributed by atoms with E-state index in [0.29, 0.717) is 5.92 Å². The van der Waals surface area contributed by atoms with Gasteiger partial charge < -0.3 is 5.32 Å². The number of rotatable bonds is 6. The summed E-state index contributed by atoms with van der Waals surface area (Å²) in [6.07, 6.45) is 7.50. The number of nitrogens with one attached hydrogen (secondary N) is 1. The molecule has 1 unspecified atom stereocenters. The van der Waals surface area contributed by atoms with E-state index in [0.717, 1.165) is 23.5 Å². The molecule has 1 atom stereocenters. The van der Waals surface area contributed by atoms with Crippen molar-refractivity contribution in [2.45, 2.75) is 38.1 Å². The number of halogens is 1. The molecule has 1 aromatic heterocycles. The van der Waals surface area contributed by atoms with Crippen molar-refractivity contribution in [2.75, 3.05) is 6.54 Å². The van der Waals surface area contributed by atoms with Crippen LogP contribution in [-0.4, -0.2) is 17.6 Å². The van der Waals surface area contributed by atoms with Gasteiger partial charge in [0.1, 0.15) is 0 Å². The Morgan fingerprint density at radius 3 is 2.67 bits per heavy atom. The normalized spacial score (nSPS) is 15.9. The van der Waals surface area contributed by atoms with Crippen molar-refractivity contribution in [3.63, 3.8) is 0 Å². The number of hydrogen-bond acceptors (Lipinski definition) is 2. The van der Waals surface area contributed by atoms with Crippen LogP contribution in [0, 0.1) is 6.92 Å². The van der Waals surface area contributed by atoms with E-state index < -0.39 is 0 Å². The second-order valence-electron chi connectivity index (χ2n) is 6.01. The first-order valence-electron chi connectivity index (χ1n) is 7.60. The molecule has 1 saturated carbocycles. The maximum absolute atomic E-state index is 4.29. The largest absolute Gasteiger partial charge is 0.313 e. The predicted molar refractivity (Wildman–Crippen MR) is 90.6 cm³/mol.